The van der Waals surface area contributed by atoms with Crippen LogP contribution in [0.4, 0.5) is 5.82 Å². The van der Waals surface area contributed by atoms with Crippen LogP contribution in [0.3, 0.4) is 0 Å². The first-order chi connectivity index (χ1) is 9.08. The molecule has 0 fully saturated rings. The number of anilines is 1. The van der Waals surface area contributed by atoms with Crippen molar-refractivity contribution in [1.29, 1.82) is 0 Å². The first-order valence-corrected chi connectivity index (χ1v) is 6.55. The number of nitrogens with one attached hydrogen (secondary N) is 1. The Morgan fingerprint density at radius 2 is 2.11 bits per heavy atom. The fraction of sp³-hybridized carbons (Fsp3) is 0.333. The summed E-state index contributed by atoms with van der Waals surface area (Å²) >= 11 is 0. The molecule has 1 unspecified atom stereocenters. The molecule has 0 amide bonds. The van der Waals surface area contributed by atoms with Gasteiger partial charge in [0.15, 0.2) is 0 Å². The number of hydrogen-bond acceptors (Lipinski definition) is 3. The van der Waals surface area contributed by atoms with Crippen LogP contribution in [0, 0.1) is 0 Å². The van der Waals surface area contributed by atoms with E-state index in [0.717, 1.165) is 6.42 Å². The van der Waals surface area contributed by atoms with Crippen molar-refractivity contribution >= 4 is 5.82 Å². The first-order valence-electron chi connectivity index (χ1n) is 6.55. The van der Waals surface area contributed by atoms with E-state index in [1.807, 2.05) is 26.0 Å². The number of nitrogen functional groups attached to an aromatic ring is 1. The minimum Gasteiger partial charge on any atom is -0.383 e. The highest BCUT2D eigenvalue weighted by Crippen LogP contribution is 2.38. The molecule has 1 aromatic heterocycles. The summed E-state index contributed by atoms with van der Waals surface area (Å²) < 4.78 is 0. The number of aromatic amines is 1. The third-order valence-corrected chi connectivity index (χ3v) is 3.77. The fourth-order valence-corrected chi connectivity index (χ4v) is 2.74. The maximum atomic E-state index is 12.1. The average Bonchev–Trinajstić information content (AvgIpc) is 2.29. The van der Waals surface area contributed by atoms with Crippen molar-refractivity contribution in [2.75, 3.05) is 5.73 Å². The lowest BCUT2D eigenvalue weighted by Gasteiger charge is -2.29. The van der Waals surface area contributed by atoms with Gasteiger partial charge in [0.25, 0.3) is 5.56 Å². The highest BCUT2D eigenvalue weighted by atomic mass is 16.1. The van der Waals surface area contributed by atoms with Gasteiger partial charge in [0, 0.05) is 5.92 Å². The molecule has 1 aromatic carbocycles. The molecule has 0 bridgehead atoms. The molecule has 3 N–H and O–H groups in total. The first kappa shape index (κ1) is 12.0. The van der Waals surface area contributed by atoms with Crippen LogP contribution in [0.15, 0.2) is 29.1 Å². The van der Waals surface area contributed by atoms with E-state index in [9.17, 15) is 4.79 Å². The van der Waals surface area contributed by atoms with E-state index in [0.29, 0.717) is 17.2 Å². The molecule has 4 heteroatoms. The zero-order chi connectivity index (χ0) is 13.6. The maximum absolute atomic E-state index is 12.1. The summed E-state index contributed by atoms with van der Waals surface area (Å²) in [6, 6.07) is 8.22. The van der Waals surface area contributed by atoms with Gasteiger partial charge in [-0.1, -0.05) is 38.1 Å². The van der Waals surface area contributed by atoms with Crippen LogP contribution in [0.1, 0.15) is 48.2 Å². The van der Waals surface area contributed by atoms with Gasteiger partial charge < -0.3 is 10.7 Å². The Bertz CT molecular complexity index is 688. The largest absolute Gasteiger partial charge is 0.383 e. The van der Waals surface area contributed by atoms with Crippen LogP contribution in [-0.4, -0.2) is 9.97 Å². The zero-order valence-electron chi connectivity index (χ0n) is 11.1. The van der Waals surface area contributed by atoms with E-state index < -0.39 is 0 Å². The van der Waals surface area contributed by atoms with E-state index in [-0.39, 0.29) is 17.4 Å². The van der Waals surface area contributed by atoms with Gasteiger partial charge in [-0.25, -0.2) is 4.98 Å². The molecule has 1 aliphatic carbocycles. The van der Waals surface area contributed by atoms with Crippen molar-refractivity contribution in [3.8, 4) is 0 Å². The smallest absolute Gasteiger partial charge is 0.256 e. The number of rotatable bonds is 2. The highest BCUT2D eigenvalue weighted by Gasteiger charge is 2.29. The summed E-state index contributed by atoms with van der Waals surface area (Å²) in [6.07, 6.45) is 0.916. The number of nitrogens with zero attached hydrogens (tertiary/aromatic N) is 1. The second kappa shape index (κ2) is 4.23. The predicted molar refractivity (Wildman–Crippen MR) is 75.3 cm³/mol. The number of H-pyrrole nitrogens is 1. The number of fused-ring (bicyclic) bond motifs is 1. The molecule has 1 heterocycles. The molecule has 0 radical (unpaired) electrons. The zero-order valence-corrected chi connectivity index (χ0v) is 11.1. The van der Waals surface area contributed by atoms with Crippen LogP contribution >= 0.6 is 0 Å². The number of nitrogens with two attached hydrogens (primary N) is 1. The normalized spacial score (nSPS) is 17.1. The number of benzene rings is 1. The second-order valence-electron chi connectivity index (χ2n) is 5.36. The van der Waals surface area contributed by atoms with Crippen molar-refractivity contribution in [1.82, 2.24) is 9.97 Å². The minimum atomic E-state index is -0.109. The van der Waals surface area contributed by atoms with E-state index >= 15 is 0 Å². The van der Waals surface area contributed by atoms with Crippen molar-refractivity contribution in [2.45, 2.75) is 32.1 Å². The van der Waals surface area contributed by atoms with Gasteiger partial charge >= 0.3 is 0 Å². The summed E-state index contributed by atoms with van der Waals surface area (Å²) in [5.74, 6) is 1.30. The minimum absolute atomic E-state index is 0.0824. The van der Waals surface area contributed by atoms with Crippen LogP contribution in [-0.2, 0) is 6.42 Å². The molecule has 3 rings (SSSR count). The molecule has 1 aliphatic rings. The highest BCUT2D eigenvalue weighted by molar-refractivity contribution is 5.46. The molecule has 0 aliphatic heterocycles. The van der Waals surface area contributed by atoms with Crippen LogP contribution in [0.25, 0.3) is 0 Å². The second-order valence-corrected chi connectivity index (χ2v) is 5.36. The summed E-state index contributed by atoms with van der Waals surface area (Å²) in [7, 11) is 0. The van der Waals surface area contributed by atoms with Gasteiger partial charge in [-0.3, -0.25) is 4.79 Å². The lowest BCUT2D eigenvalue weighted by molar-refractivity contribution is 0.652. The maximum Gasteiger partial charge on any atom is 0.256 e. The molecule has 0 spiro atoms. The number of aromatic nitrogens is 2. The standard InChI is InChI=1S/C15H17N3O/c1-8(2)12-13(16)17-14(18-15(12)19)11-7-9-5-3-4-6-10(9)11/h3-6,8,11H,7H2,1-2H3,(H3,16,17,18,19). The molecule has 0 saturated carbocycles. The molecule has 19 heavy (non-hydrogen) atoms. The summed E-state index contributed by atoms with van der Waals surface area (Å²) in [4.78, 5) is 19.4. The SMILES string of the molecule is CC(C)c1c(N)nc(C2Cc3ccccc32)[nH]c1=O. The Balaban J connectivity index is 2.04. The van der Waals surface area contributed by atoms with Crippen molar-refractivity contribution in [3.05, 3.63) is 57.1 Å². The van der Waals surface area contributed by atoms with Crippen LogP contribution in [0.5, 0.6) is 0 Å². The Morgan fingerprint density at radius 3 is 2.74 bits per heavy atom. The third kappa shape index (κ3) is 1.84. The van der Waals surface area contributed by atoms with Crippen molar-refractivity contribution < 1.29 is 0 Å². The van der Waals surface area contributed by atoms with Crippen LogP contribution < -0.4 is 11.3 Å². The molecule has 1 atom stereocenters. The Hall–Kier alpha value is -2.10. The lowest BCUT2D eigenvalue weighted by Crippen LogP contribution is -2.27. The van der Waals surface area contributed by atoms with Crippen molar-refractivity contribution in [2.24, 2.45) is 0 Å². The van der Waals surface area contributed by atoms with E-state index in [1.54, 1.807) is 0 Å². The third-order valence-electron chi connectivity index (χ3n) is 3.77. The van der Waals surface area contributed by atoms with E-state index in [1.165, 1.54) is 11.1 Å². The van der Waals surface area contributed by atoms with E-state index in [2.05, 4.69) is 22.1 Å². The Kier molecular flexibility index (Phi) is 2.66. The molecular formula is C15H17N3O. The molecular weight excluding hydrogens is 238 g/mol. The van der Waals surface area contributed by atoms with Gasteiger partial charge in [0.1, 0.15) is 11.6 Å². The molecule has 4 nitrogen and oxygen atoms in total. The Labute approximate surface area is 111 Å². The van der Waals surface area contributed by atoms with Gasteiger partial charge in [-0.15, -0.1) is 0 Å². The summed E-state index contributed by atoms with van der Waals surface area (Å²) in [6.45, 7) is 3.89. The molecule has 0 saturated heterocycles. The van der Waals surface area contributed by atoms with Gasteiger partial charge in [-0.05, 0) is 23.5 Å². The topological polar surface area (TPSA) is 71.8 Å². The van der Waals surface area contributed by atoms with Gasteiger partial charge in [0.05, 0.1) is 5.56 Å². The van der Waals surface area contributed by atoms with E-state index in [4.69, 9.17) is 5.73 Å². The molecule has 98 valence electrons. The fourth-order valence-electron chi connectivity index (χ4n) is 2.74. The van der Waals surface area contributed by atoms with Gasteiger partial charge in [0.2, 0.25) is 0 Å². The van der Waals surface area contributed by atoms with Crippen molar-refractivity contribution in [3.63, 3.8) is 0 Å². The summed E-state index contributed by atoms with van der Waals surface area (Å²) in [5, 5.41) is 0. The quantitative estimate of drug-likeness (QED) is 0.863. The van der Waals surface area contributed by atoms with Gasteiger partial charge in [-0.2, -0.15) is 0 Å². The molecule has 2 aromatic rings. The monoisotopic (exact) mass is 255 g/mol. The van der Waals surface area contributed by atoms with Crippen LogP contribution in [0.2, 0.25) is 0 Å². The predicted octanol–water partition coefficient (Wildman–Crippen LogP) is 2.16. The lowest BCUT2D eigenvalue weighted by atomic mass is 9.77. The average molecular weight is 255 g/mol. The summed E-state index contributed by atoms with van der Waals surface area (Å²) in [5.41, 5.74) is 8.96. The Morgan fingerprint density at radius 1 is 1.37 bits per heavy atom. The number of hydrogen-bond donors (Lipinski definition) is 2.